The smallest absolute Gasteiger partial charge is 0.321 e. The zero-order valence-electron chi connectivity index (χ0n) is 16.1. The van der Waals surface area contributed by atoms with Crippen LogP contribution >= 0.6 is 27.7 Å². The van der Waals surface area contributed by atoms with Crippen LogP contribution in [0.25, 0.3) is 0 Å². The Hall–Kier alpha value is -2.19. The quantitative estimate of drug-likeness (QED) is 0.706. The van der Waals surface area contributed by atoms with Crippen molar-refractivity contribution in [1.29, 1.82) is 0 Å². The first-order valence-electron chi connectivity index (χ1n) is 9.44. The maximum Gasteiger partial charge on any atom is 0.321 e. The van der Waals surface area contributed by atoms with Gasteiger partial charge in [-0.05, 0) is 53.0 Å². The molecule has 0 saturated carbocycles. The number of hydrogen-bond donors (Lipinski definition) is 1. The number of thioether (sulfide) groups is 1. The summed E-state index contributed by atoms with van der Waals surface area (Å²) in [6.07, 6.45) is 1.45. The number of anilines is 2. The lowest BCUT2D eigenvalue weighted by molar-refractivity contribution is -0.116. The van der Waals surface area contributed by atoms with Crippen molar-refractivity contribution in [3.63, 3.8) is 0 Å². The van der Waals surface area contributed by atoms with Crippen LogP contribution in [-0.4, -0.2) is 47.7 Å². The standard InChI is InChI=1S/C21H22BrN3O3S/c1-28-16-6-4-5-15(13-16)25-19(26)14-29-21(25)9-11-24(12-10-21)20(27)23-18-8-3-2-7-17(18)22/h2-8,13H,9-12,14H2,1H3,(H,23,27). The van der Waals surface area contributed by atoms with Gasteiger partial charge in [-0.2, -0.15) is 0 Å². The van der Waals surface area contributed by atoms with E-state index in [0.717, 1.165) is 34.4 Å². The van der Waals surface area contributed by atoms with Crippen LogP contribution in [0.5, 0.6) is 5.75 Å². The SMILES string of the molecule is COc1cccc(N2C(=O)CSC23CCN(C(=O)Nc2ccccc2Br)CC3)c1. The number of amides is 3. The van der Waals surface area contributed by atoms with Crippen molar-refractivity contribution in [3.05, 3.63) is 53.0 Å². The van der Waals surface area contributed by atoms with Crippen molar-refractivity contribution in [1.82, 2.24) is 4.90 Å². The lowest BCUT2D eigenvalue weighted by Crippen LogP contribution is -2.53. The number of rotatable bonds is 3. The summed E-state index contributed by atoms with van der Waals surface area (Å²) in [6.45, 7) is 1.19. The van der Waals surface area contributed by atoms with E-state index in [0.29, 0.717) is 18.8 Å². The molecule has 2 fully saturated rings. The zero-order valence-corrected chi connectivity index (χ0v) is 18.5. The van der Waals surface area contributed by atoms with E-state index >= 15 is 0 Å². The van der Waals surface area contributed by atoms with E-state index in [1.165, 1.54) is 0 Å². The van der Waals surface area contributed by atoms with Crippen molar-refractivity contribution in [2.75, 3.05) is 36.2 Å². The van der Waals surface area contributed by atoms with Crippen LogP contribution in [0.2, 0.25) is 0 Å². The van der Waals surface area contributed by atoms with Gasteiger partial charge in [0.1, 0.15) is 5.75 Å². The topological polar surface area (TPSA) is 61.9 Å². The average Bonchev–Trinajstić information content (AvgIpc) is 3.05. The Bertz CT molecular complexity index is 931. The molecule has 2 heterocycles. The van der Waals surface area contributed by atoms with Crippen LogP contribution in [0.1, 0.15) is 12.8 Å². The summed E-state index contributed by atoms with van der Waals surface area (Å²) in [4.78, 5) is 28.8. The van der Waals surface area contributed by atoms with Gasteiger partial charge in [0.05, 0.1) is 23.4 Å². The third-order valence-electron chi connectivity index (χ3n) is 5.38. The fourth-order valence-electron chi connectivity index (χ4n) is 3.87. The molecule has 2 aromatic carbocycles. The van der Waals surface area contributed by atoms with Crippen LogP contribution in [0.4, 0.5) is 16.2 Å². The molecule has 2 aliphatic rings. The summed E-state index contributed by atoms with van der Waals surface area (Å²) >= 11 is 5.14. The predicted molar refractivity (Wildman–Crippen MR) is 120 cm³/mol. The fourth-order valence-corrected chi connectivity index (χ4v) is 5.58. The summed E-state index contributed by atoms with van der Waals surface area (Å²) in [5, 5.41) is 2.96. The molecule has 0 radical (unpaired) electrons. The normalized spacial score (nSPS) is 18.2. The highest BCUT2D eigenvalue weighted by Gasteiger charge is 2.49. The van der Waals surface area contributed by atoms with Gasteiger partial charge in [-0.3, -0.25) is 9.69 Å². The van der Waals surface area contributed by atoms with E-state index in [1.54, 1.807) is 18.9 Å². The Morgan fingerprint density at radius 3 is 2.66 bits per heavy atom. The second-order valence-corrected chi connectivity index (χ2v) is 9.25. The number of ether oxygens (including phenoxy) is 1. The Balaban J connectivity index is 1.47. The lowest BCUT2D eigenvalue weighted by atomic mass is 10.0. The number of likely N-dealkylation sites (tertiary alicyclic amines) is 1. The minimum absolute atomic E-state index is 0.106. The summed E-state index contributed by atoms with van der Waals surface area (Å²) in [6, 6.07) is 15.1. The number of halogens is 1. The molecule has 4 rings (SSSR count). The third-order valence-corrected chi connectivity index (χ3v) is 7.59. The number of carbonyl (C=O) groups excluding carboxylic acids is 2. The molecule has 0 aliphatic carbocycles. The van der Waals surface area contributed by atoms with Gasteiger partial charge in [-0.15, -0.1) is 11.8 Å². The molecule has 152 valence electrons. The van der Waals surface area contributed by atoms with Gasteiger partial charge >= 0.3 is 6.03 Å². The van der Waals surface area contributed by atoms with E-state index in [2.05, 4.69) is 21.2 Å². The molecule has 2 aliphatic heterocycles. The van der Waals surface area contributed by atoms with Gasteiger partial charge in [0.15, 0.2) is 0 Å². The van der Waals surface area contributed by atoms with Crippen LogP contribution in [0.3, 0.4) is 0 Å². The van der Waals surface area contributed by atoms with E-state index < -0.39 is 0 Å². The molecular formula is C21H22BrN3O3S. The predicted octanol–water partition coefficient (Wildman–Crippen LogP) is 4.56. The number of hydrogen-bond acceptors (Lipinski definition) is 4. The fraction of sp³-hybridized carbons (Fsp3) is 0.333. The number of para-hydroxylation sites is 1. The van der Waals surface area contributed by atoms with Gasteiger partial charge in [0.25, 0.3) is 0 Å². The van der Waals surface area contributed by atoms with Crippen LogP contribution in [-0.2, 0) is 4.79 Å². The van der Waals surface area contributed by atoms with Gasteiger partial charge in [0.2, 0.25) is 5.91 Å². The second kappa shape index (κ2) is 8.28. The van der Waals surface area contributed by atoms with Crippen molar-refractivity contribution in [2.45, 2.75) is 17.7 Å². The van der Waals surface area contributed by atoms with E-state index in [1.807, 2.05) is 58.3 Å². The number of benzene rings is 2. The van der Waals surface area contributed by atoms with Gasteiger partial charge < -0.3 is 15.0 Å². The first kappa shape index (κ1) is 20.1. The Kier molecular flexibility index (Phi) is 5.74. The Morgan fingerprint density at radius 1 is 1.17 bits per heavy atom. The maximum absolute atomic E-state index is 12.7. The number of nitrogens with zero attached hydrogens (tertiary/aromatic N) is 2. The van der Waals surface area contributed by atoms with Gasteiger partial charge in [-0.1, -0.05) is 18.2 Å². The van der Waals surface area contributed by atoms with E-state index in [4.69, 9.17) is 4.74 Å². The van der Waals surface area contributed by atoms with E-state index in [9.17, 15) is 9.59 Å². The molecule has 2 saturated heterocycles. The molecule has 1 spiro atoms. The maximum atomic E-state index is 12.7. The number of piperidine rings is 1. The molecule has 3 amide bonds. The Labute approximate surface area is 182 Å². The monoisotopic (exact) mass is 475 g/mol. The minimum atomic E-state index is -0.312. The highest BCUT2D eigenvalue weighted by Crippen LogP contribution is 2.47. The summed E-state index contributed by atoms with van der Waals surface area (Å²) in [7, 11) is 1.62. The molecule has 29 heavy (non-hydrogen) atoms. The number of methoxy groups -OCH3 is 1. The molecule has 0 bridgehead atoms. The Morgan fingerprint density at radius 2 is 1.93 bits per heavy atom. The first-order valence-corrected chi connectivity index (χ1v) is 11.2. The third kappa shape index (κ3) is 3.96. The zero-order chi connectivity index (χ0) is 20.4. The minimum Gasteiger partial charge on any atom is -0.497 e. The second-order valence-electron chi connectivity index (χ2n) is 7.06. The summed E-state index contributed by atoms with van der Waals surface area (Å²) in [5.41, 5.74) is 1.60. The molecular weight excluding hydrogens is 454 g/mol. The van der Waals surface area contributed by atoms with Crippen LogP contribution in [0.15, 0.2) is 53.0 Å². The summed E-state index contributed by atoms with van der Waals surface area (Å²) < 4.78 is 6.18. The molecule has 0 unspecified atom stereocenters. The largest absolute Gasteiger partial charge is 0.497 e. The van der Waals surface area contributed by atoms with Crippen LogP contribution in [0, 0.1) is 0 Å². The van der Waals surface area contributed by atoms with Crippen molar-refractivity contribution < 1.29 is 14.3 Å². The highest BCUT2D eigenvalue weighted by molar-refractivity contribution is 9.10. The number of carbonyl (C=O) groups is 2. The molecule has 8 heteroatoms. The lowest BCUT2D eigenvalue weighted by Gasteiger charge is -2.43. The highest BCUT2D eigenvalue weighted by atomic mass is 79.9. The van der Waals surface area contributed by atoms with Crippen molar-refractivity contribution in [2.24, 2.45) is 0 Å². The molecule has 6 nitrogen and oxygen atoms in total. The number of nitrogens with one attached hydrogen (secondary N) is 1. The van der Waals surface area contributed by atoms with Gasteiger partial charge in [0, 0.05) is 29.3 Å². The molecule has 0 aromatic heterocycles. The molecule has 0 atom stereocenters. The summed E-state index contributed by atoms with van der Waals surface area (Å²) in [5.74, 6) is 1.29. The van der Waals surface area contributed by atoms with Crippen LogP contribution < -0.4 is 15.0 Å². The van der Waals surface area contributed by atoms with Crippen molar-refractivity contribution in [3.8, 4) is 5.75 Å². The van der Waals surface area contributed by atoms with Crippen molar-refractivity contribution >= 4 is 51.0 Å². The molecule has 2 aromatic rings. The first-order chi connectivity index (χ1) is 14.0. The number of urea groups is 1. The molecule has 1 N–H and O–H groups in total. The average molecular weight is 476 g/mol. The van der Waals surface area contributed by atoms with E-state index in [-0.39, 0.29) is 16.8 Å². The van der Waals surface area contributed by atoms with Gasteiger partial charge in [-0.25, -0.2) is 4.79 Å².